The van der Waals surface area contributed by atoms with Crippen LogP contribution in [0.5, 0.6) is 0 Å². The molecule has 3 saturated heterocycles. The number of alkyl halides is 6. The second-order valence-corrected chi connectivity index (χ2v) is 14.5. The van der Waals surface area contributed by atoms with Gasteiger partial charge in [0.1, 0.15) is 0 Å². The maximum atomic E-state index is 14.0. The van der Waals surface area contributed by atoms with Gasteiger partial charge in [-0.2, -0.15) is 26.3 Å². The molecule has 1 atom stereocenters. The zero-order chi connectivity index (χ0) is 38.4. The fourth-order valence-corrected chi connectivity index (χ4v) is 8.39. The van der Waals surface area contributed by atoms with Gasteiger partial charge in [-0.3, -0.25) is 14.3 Å². The van der Waals surface area contributed by atoms with Crippen LogP contribution in [-0.4, -0.2) is 81.7 Å². The van der Waals surface area contributed by atoms with E-state index in [0.29, 0.717) is 73.8 Å². The van der Waals surface area contributed by atoms with Crippen LogP contribution < -0.4 is 16.7 Å². The summed E-state index contributed by atoms with van der Waals surface area (Å²) in [6.07, 6.45) is -8.12. The molecule has 11 nitrogen and oxygen atoms in total. The molecule has 3 aliphatic rings. The third kappa shape index (κ3) is 7.59. The molecule has 17 heteroatoms. The van der Waals surface area contributed by atoms with E-state index in [9.17, 15) is 40.7 Å². The molecular weight excluding hydrogens is 720 g/mol. The number of carbonyl (C=O) groups is 2. The van der Waals surface area contributed by atoms with Gasteiger partial charge < -0.3 is 30.6 Å². The van der Waals surface area contributed by atoms with E-state index >= 15 is 0 Å². The van der Waals surface area contributed by atoms with Crippen molar-refractivity contribution in [1.82, 2.24) is 29.7 Å². The molecule has 2 aromatic heterocycles. The largest absolute Gasteiger partial charge is 0.436 e. The van der Waals surface area contributed by atoms with E-state index in [1.807, 2.05) is 24.3 Å². The second kappa shape index (κ2) is 14.8. The maximum absolute atomic E-state index is 14.0. The van der Waals surface area contributed by atoms with Crippen molar-refractivity contribution in [3.8, 4) is 0 Å². The summed E-state index contributed by atoms with van der Waals surface area (Å²) in [5.74, 6) is 0.177. The van der Waals surface area contributed by atoms with Crippen LogP contribution >= 0.6 is 0 Å². The van der Waals surface area contributed by atoms with Crippen molar-refractivity contribution in [3.05, 3.63) is 69.8 Å². The highest BCUT2D eigenvalue weighted by atomic mass is 19.4. The zero-order valence-electron chi connectivity index (χ0n) is 29.3. The number of anilines is 1. The van der Waals surface area contributed by atoms with Crippen molar-refractivity contribution in [1.29, 1.82) is 0 Å². The lowest BCUT2D eigenvalue weighted by Gasteiger charge is -2.39. The highest BCUT2D eigenvalue weighted by molar-refractivity contribution is 6.01. The molecule has 0 bridgehead atoms. The molecule has 4 aromatic rings. The van der Waals surface area contributed by atoms with Gasteiger partial charge in [-0.15, -0.1) is 0 Å². The number of nitrogens with one attached hydrogen (secondary N) is 2. The fourth-order valence-electron chi connectivity index (χ4n) is 8.39. The first-order valence-corrected chi connectivity index (χ1v) is 18.2. The van der Waals surface area contributed by atoms with E-state index in [4.69, 9.17) is 10.5 Å². The Labute approximate surface area is 305 Å². The van der Waals surface area contributed by atoms with Gasteiger partial charge in [0.2, 0.25) is 0 Å². The maximum Gasteiger partial charge on any atom is 0.418 e. The molecule has 0 unspecified atom stereocenters. The summed E-state index contributed by atoms with van der Waals surface area (Å²) in [5, 5.41) is 4.12. The van der Waals surface area contributed by atoms with Crippen molar-refractivity contribution < 1.29 is 40.7 Å². The number of benzene rings is 2. The molecule has 3 aliphatic heterocycles. The molecule has 54 heavy (non-hydrogen) atoms. The number of hydrogen-bond acceptors (Lipinski definition) is 7. The Morgan fingerprint density at radius 3 is 2.09 bits per heavy atom. The number of fused-ring (bicyclic) bond motifs is 3. The van der Waals surface area contributed by atoms with Gasteiger partial charge in [-0.25, -0.2) is 9.59 Å². The van der Waals surface area contributed by atoms with Crippen LogP contribution in [0.15, 0.2) is 47.4 Å². The number of nitrogen functional groups attached to an aromatic ring is 1. The summed E-state index contributed by atoms with van der Waals surface area (Å²) in [7, 11) is 0. The lowest BCUT2D eigenvalue weighted by Crippen LogP contribution is -2.49. The highest BCUT2D eigenvalue weighted by Crippen LogP contribution is 2.42. The van der Waals surface area contributed by atoms with Gasteiger partial charge >= 0.3 is 24.1 Å². The number of pyridine rings is 1. The first-order valence-electron chi connectivity index (χ1n) is 18.2. The van der Waals surface area contributed by atoms with Crippen molar-refractivity contribution in [2.75, 3.05) is 45.0 Å². The summed E-state index contributed by atoms with van der Waals surface area (Å²) < 4.78 is 90.7. The number of nitrogens with two attached hydrogens (primary N) is 1. The van der Waals surface area contributed by atoms with E-state index < -0.39 is 59.3 Å². The van der Waals surface area contributed by atoms with Crippen LogP contribution in [-0.2, 0) is 28.3 Å². The van der Waals surface area contributed by atoms with E-state index in [0.717, 1.165) is 36.8 Å². The predicted octanol–water partition coefficient (Wildman–Crippen LogP) is 6.12. The van der Waals surface area contributed by atoms with Gasteiger partial charge in [-0.05, 0) is 87.2 Å². The average Bonchev–Trinajstić information content (AvgIpc) is 3.50. The lowest BCUT2D eigenvalue weighted by atomic mass is 9.79. The number of carbonyl (C=O) groups excluding carboxylic acids is 2. The number of imidazole rings is 1. The van der Waals surface area contributed by atoms with Crippen LogP contribution in [0.4, 0.5) is 36.8 Å². The van der Waals surface area contributed by atoms with Crippen LogP contribution in [0.2, 0.25) is 0 Å². The standard InChI is InChI=1S/C37H41F6N7O4/c38-36(39,40)26-17-21(18-27(31(26)44)37(41,42)43)19-30(33(51)48-13-7-23(8-14-48)22-5-11-45-12-6-22)54-35(53)49-15-9-24(10-16-49)50-29-20-46-28-4-2-1-3-25(28)32(29)47-34(50)52/h1-4,17-18,20,22-24,30,45H,5-16,19,44H2,(H,47,52)/t30-/m1/s1. The number of para-hydroxylation sites is 1. The summed E-state index contributed by atoms with van der Waals surface area (Å²) in [6.45, 7) is 2.69. The number of likely N-dealkylation sites (tertiary alicyclic amines) is 2. The Kier molecular flexibility index (Phi) is 10.3. The van der Waals surface area contributed by atoms with Gasteiger partial charge in [0.05, 0.1) is 39.6 Å². The fraction of sp³-hybridized carbons (Fsp3) is 0.514. The third-order valence-corrected chi connectivity index (χ3v) is 11.2. The predicted molar refractivity (Wildman–Crippen MR) is 187 cm³/mol. The van der Waals surface area contributed by atoms with Gasteiger partial charge in [0.15, 0.2) is 6.10 Å². The number of piperidine rings is 3. The Morgan fingerprint density at radius 1 is 0.870 bits per heavy atom. The van der Waals surface area contributed by atoms with Gasteiger partial charge in [-0.1, -0.05) is 18.2 Å². The quantitative estimate of drug-likeness (QED) is 0.159. The number of aromatic nitrogens is 3. The lowest BCUT2D eigenvalue weighted by molar-refractivity contribution is -0.142. The third-order valence-electron chi connectivity index (χ3n) is 11.2. The number of hydrogen-bond donors (Lipinski definition) is 3. The summed E-state index contributed by atoms with van der Waals surface area (Å²) in [4.78, 5) is 51.0. The Morgan fingerprint density at radius 2 is 1.46 bits per heavy atom. The number of halogens is 6. The number of amides is 2. The number of ether oxygens (including phenoxy) is 1. The molecule has 0 spiro atoms. The molecular formula is C37H41F6N7O4. The number of aromatic amines is 1. The van der Waals surface area contributed by atoms with Gasteiger partial charge in [0, 0.05) is 44.0 Å². The number of H-pyrrole nitrogens is 1. The van der Waals surface area contributed by atoms with E-state index in [1.54, 1.807) is 10.8 Å². The molecule has 3 fully saturated rings. The number of rotatable bonds is 6. The zero-order valence-corrected chi connectivity index (χ0v) is 29.3. The van der Waals surface area contributed by atoms with E-state index in [1.165, 1.54) is 9.80 Å². The molecule has 0 aliphatic carbocycles. The minimum atomic E-state index is -5.22. The minimum absolute atomic E-state index is 0.116. The van der Waals surface area contributed by atoms with E-state index in [-0.39, 0.29) is 24.8 Å². The molecule has 4 N–H and O–H groups in total. The molecule has 0 radical (unpaired) electrons. The summed E-state index contributed by atoms with van der Waals surface area (Å²) in [6, 6.07) is 8.02. The summed E-state index contributed by atoms with van der Waals surface area (Å²) >= 11 is 0. The normalized spacial score (nSPS) is 19.1. The van der Waals surface area contributed by atoms with Crippen molar-refractivity contribution in [3.63, 3.8) is 0 Å². The van der Waals surface area contributed by atoms with Crippen LogP contribution in [0, 0.1) is 11.8 Å². The van der Waals surface area contributed by atoms with Gasteiger partial charge in [0.25, 0.3) is 5.91 Å². The molecule has 2 amide bonds. The molecule has 290 valence electrons. The van der Waals surface area contributed by atoms with Crippen LogP contribution in [0.3, 0.4) is 0 Å². The summed E-state index contributed by atoms with van der Waals surface area (Å²) in [5.41, 5.74) is 1.63. The molecule has 7 rings (SSSR count). The van der Waals surface area contributed by atoms with Crippen molar-refractivity contribution in [2.45, 2.75) is 69.4 Å². The first-order chi connectivity index (χ1) is 25.7. The molecule has 5 heterocycles. The average molecular weight is 762 g/mol. The molecule has 2 aromatic carbocycles. The van der Waals surface area contributed by atoms with Crippen molar-refractivity contribution >= 4 is 39.6 Å². The smallest absolute Gasteiger partial charge is 0.418 e. The molecule has 0 saturated carbocycles. The monoisotopic (exact) mass is 761 g/mol. The van der Waals surface area contributed by atoms with E-state index in [2.05, 4.69) is 15.3 Å². The van der Waals surface area contributed by atoms with Crippen LogP contribution in [0.25, 0.3) is 21.9 Å². The highest BCUT2D eigenvalue weighted by Gasteiger charge is 2.42. The first kappa shape index (κ1) is 37.5. The van der Waals surface area contributed by atoms with Crippen LogP contribution in [0.1, 0.15) is 61.3 Å². The SMILES string of the molecule is Nc1c(C(F)(F)F)cc(C[C@@H](OC(=O)N2CCC(n3c(=O)[nH]c4c5ccccc5ncc43)CC2)C(=O)N2CCC(C3CCNCC3)CC2)cc1C(F)(F)F. The second-order valence-electron chi connectivity index (χ2n) is 14.5. The van der Waals surface area contributed by atoms with Crippen molar-refractivity contribution in [2.24, 2.45) is 11.8 Å². The number of nitrogens with zero attached hydrogens (tertiary/aromatic N) is 4. The Balaban J connectivity index is 1.10. The minimum Gasteiger partial charge on any atom is -0.436 e. The topological polar surface area (TPSA) is 139 Å². The Bertz CT molecular complexity index is 2040. The Hall–Kier alpha value is -4.80.